The maximum Gasteiger partial charge on any atom is 0.134 e. The number of furan rings is 1. The highest BCUT2D eigenvalue weighted by molar-refractivity contribution is 5.81. The second-order valence-corrected chi connectivity index (χ2v) is 5.07. The van der Waals surface area contributed by atoms with Crippen LogP contribution in [0.2, 0.25) is 0 Å². The van der Waals surface area contributed by atoms with Gasteiger partial charge >= 0.3 is 0 Å². The van der Waals surface area contributed by atoms with Crippen LogP contribution in [0.15, 0.2) is 46.9 Å². The molecule has 0 fully saturated rings. The minimum absolute atomic E-state index is 0.809. The van der Waals surface area contributed by atoms with E-state index in [0.717, 1.165) is 39.4 Å². The van der Waals surface area contributed by atoms with E-state index in [2.05, 4.69) is 0 Å². The molecule has 3 rings (SSSR count). The van der Waals surface area contributed by atoms with Gasteiger partial charge < -0.3 is 13.9 Å². The molecule has 1 heterocycles. The first-order chi connectivity index (χ1) is 10.7. The Morgan fingerprint density at radius 2 is 1.59 bits per heavy atom. The van der Waals surface area contributed by atoms with Gasteiger partial charge in [0.05, 0.1) is 14.2 Å². The Labute approximate surface area is 129 Å². The lowest BCUT2D eigenvalue weighted by atomic mass is 10.1. The molecular weight excluding hydrogens is 276 g/mol. The zero-order valence-corrected chi connectivity index (χ0v) is 12.9. The molecule has 112 valence electrons. The van der Waals surface area contributed by atoms with Crippen LogP contribution in [0, 0.1) is 6.92 Å². The van der Waals surface area contributed by atoms with Crippen molar-refractivity contribution in [2.75, 3.05) is 14.2 Å². The number of fused-ring (bicyclic) bond motifs is 1. The summed E-state index contributed by atoms with van der Waals surface area (Å²) in [5.41, 5.74) is 2.88. The van der Waals surface area contributed by atoms with Crippen molar-refractivity contribution in [1.29, 1.82) is 0 Å². The molecule has 1 aromatic heterocycles. The highest BCUT2D eigenvalue weighted by Gasteiger charge is 2.07. The highest BCUT2D eigenvalue weighted by atomic mass is 16.5. The van der Waals surface area contributed by atoms with Crippen molar-refractivity contribution in [3.05, 3.63) is 59.4 Å². The Balaban J connectivity index is 1.94. The van der Waals surface area contributed by atoms with Crippen molar-refractivity contribution in [2.45, 2.75) is 6.92 Å². The molecule has 0 atom stereocenters. The summed E-state index contributed by atoms with van der Waals surface area (Å²) in [6.45, 7) is 1.98. The Morgan fingerprint density at radius 1 is 0.909 bits per heavy atom. The normalized spacial score (nSPS) is 11.2. The largest absolute Gasteiger partial charge is 0.496 e. The number of rotatable bonds is 4. The lowest BCUT2D eigenvalue weighted by molar-refractivity contribution is 0.388. The van der Waals surface area contributed by atoms with Gasteiger partial charge in [0.25, 0.3) is 0 Å². The van der Waals surface area contributed by atoms with Crippen molar-refractivity contribution >= 4 is 23.1 Å². The zero-order valence-electron chi connectivity index (χ0n) is 12.9. The van der Waals surface area contributed by atoms with Crippen LogP contribution < -0.4 is 9.47 Å². The molecule has 2 aromatic carbocycles. The first-order valence-electron chi connectivity index (χ1n) is 7.10. The van der Waals surface area contributed by atoms with Crippen LogP contribution in [0.5, 0.6) is 11.5 Å². The third-order valence-electron chi connectivity index (χ3n) is 3.66. The van der Waals surface area contributed by atoms with E-state index in [1.165, 1.54) is 0 Å². The average Bonchev–Trinajstić information content (AvgIpc) is 2.96. The SMILES string of the molecule is COc1cc(/C=C/c2cc3ccccc3o2)cc(OC)c1C. The third-order valence-corrected chi connectivity index (χ3v) is 3.66. The summed E-state index contributed by atoms with van der Waals surface area (Å²) >= 11 is 0. The Kier molecular flexibility index (Phi) is 3.88. The van der Waals surface area contributed by atoms with Crippen molar-refractivity contribution in [2.24, 2.45) is 0 Å². The second-order valence-electron chi connectivity index (χ2n) is 5.07. The molecule has 0 N–H and O–H groups in total. The number of para-hydroxylation sites is 1. The van der Waals surface area contributed by atoms with E-state index in [1.54, 1.807) is 14.2 Å². The molecule has 3 nitrogen and oxygen atoms in total. The van der Waals surface area contributed by atoms with Crippen molar-refractivity contribution < 1.29 is 13.9 Å². The van der Waals surface area contributed by atoms with Crippen LogP contribution in [0.25, 0.3) is 23.1 Å². The van der Waals surface area contributed by atoms with Gasteiger partial charge in [-0.1, -0.05) is 24.3 Å². The van der Waals surface area contributed by atoms with Gasteiger partial charge in [0, 0.05) is 10.9 Å². The molecule has 22 heavy (non-hydrogen) atoms. The quantitative estimate of drug-likeness (QED) is 0.684. The number of methoxy groups -OCH3 is 2. The molecule has 0 aliphatic heterocycles. The first kappa shape index (κ1) is 14.3. The number of benzene rings is 2. The molecule has 3 heteroatoms. The van der Waals surface area contributed by atoms with E-state index in [4.69, 9.17) is 13.9 Å². The van der Waals surface area contributed by atoms with Crippen molar-refractivity contribution in [3.63, 3.8) is 0 Å². The fourth-order valence-corrected chi connectivity index (χ4v) is 2.47. The van der Waals surface area contributed by atoms with Gasteiger partial charge in [-0.3, -0.25) is 0 Å². The van der Waals surface area contributed by atoms with Gasteiger partial charge in [0.15, 0.2) is 0 Å². The van der Waals surface area contributed by atoms with Crippen molar-refractivity contribution in [1.82, 2.24) is 0 Å². The average molecular weight is 294 g/mol. The van der Waals surface area contributed by atoms with Gasteiger partial charge in [-0.05, 0) is 42.8 Å². The predicted molar refractivity (Wildman–Crippen MR) is 89.4 cm³/mol. The van der Waals surface area contributed by atoms with Crippen LogP contribution in [-0.2, 0) is 0 Å². The first-order valence-corrected chi connectivity index (χ1v) is 7.10. The number of hydrogen-bond donors (Lipinski definition) is 0. The molecule has 0 radical (unpaired) electrons. The summed E-state index contributed by atoms with van der Waals surface area (Å²) in [6, 6.07) is 14.0. The molecule has 0 aliphatic carbocycles. The second kappa shape index (κ2) is 5.98. The van der Waals surface area contributed by atoms with Gasteiger partial charge in [-0.2, -0.15) is 0 Å². The fraction of sp³-hybridized carbons (Fsp3) is 0.158. The van der Waals surface area contributed by atoms with E-state index >= 15 is 0 Å². The lowest BCUT2D eigenvalue weighted by Gasteiger charge is -2.10. The number of ether oxygens (including phenoxy) is 2. The van der Waals surface area contributed by atoms with Crippen LogP contribution >= 0.6 is 0 Å². The summed E-state index contributed by atoms with van der Waals surface area (Å²) in [6.07, 6.45) is 3.94. The smallest absolute Gasteiger partial charge is 0.134 e. The standard InChI is InChI=1S/C19H18O3/c1-13-18(20-2)10-14(11-19(13)21-3)8-9-16-12-15-6-4-5-7-17(15)22-16/h4-12H,1-3H3/b9-8+. The summed E-state index contributed by atoms with van der Waals surface area (Å²) in [5, 5.41) is 1.10. The minimum Gasteiger partial charge on any atom is -0.496 e. The zero-order chi connectivity index (χ0) is 15.5. The third kappa shape index (κ3) is 2.70. The minimum atomic E-state index is 0.809. The van der Waals surface area contributed by atoms with Gasteiger partial charge in [0.1, 0.15) is 22.8 Å². The molecular formula is C19H18O3. The van der Waals surface area contributed by atoms with Crippen LogP contribution in [0.4, 0.5) is 0 Å². The maximum atomic E-state index is 5.78. The van der Waals surface area contributed by atoms with E-state index in [-0.39, 0.29) is 0 Å². The molecule has 0 spiro atoms. The molecule has 0 aliphatic rings. The molecule has 0 saturated carbocycles. The molecule has 0 unspecified atom stereocenters. The van der Waals surface area contributed by atoms with E-state index in [1.807, 2.05) is 61.5 Å². The topological polar surface area (TPSA) is 31.6 Å². The Morgan fingerprint density at radius 3 is 2.23 bits per heavy atom. The monoisotopic (exact) mass is 294 g/mol. The van der Waals surface area contributed by atoms with Gasteiger partial charge in [0.2, 0.25) is 0 Å². The van der Waals surface area contributed by atoms with Crippen LogP contribution in [0.1, 0.15) is 16.9 Å². The molecule has 3 aromatic rings. The Hall–Kier alpha value is -2.68. The summed E-state index contributed by atoms with van der Waals surface area (Å²) in [7, 11) is 3.32. The summed E-state index contributed by atoms with van der Waals surface area (Å²) in [4.78, 5) is 0. The van der Waals surface area contributed by atoms with Gasteiger partial charge in [-0.15, -0.1) is 0 Å². The van der Waals surface area contributed by atoms with Crippen LogP contribution in [0.3, 0.4) is 0 Å². The Bertz CT molecular complexity index is 770. The molecule has 0 bridgehead atoms. The summed E-state index contributed by atoms with van der Waals surface area (Å²) < 4.78 is 16.6. The predicted octanol–water partition coefficient (Wildman–Crippen LogP) is 4.93. The van der Waals surface area contributed by atoms with Gasteiger partial charge in [-0.25, -0.2) is 0 Å². The molecule has 0 amide bonds. The fourth-order valence-electron chi connectivity index (χ4n) is 2.47. The molecule has 0 saturated heterocycles. The highest BCUT2D eigenvalue weighted by Crippen LogP contribution is 2.30. The number of hydrogen-bond acceptors (Lipinski definition) is 3. The van der Waals surface area contributed by atoms with E-state index in [9.17, 15) is 0 Å². The van der Waals surface area contributed by atoms with E-state index < -0.39 is 0 Å². The van der Waals surface area contributed by atoms with E-state index in [0.29, 0.717) is 0 Å². The maximum absolute atomic E-state index is 5.78. The lowest BCUT2D eigenvalue weighted by Crippen LogP contribution is -1.93. The van der Waals surface area contributed by atoms with Crippen molar-refractivity contribution in [3.8, 4) is 11.5 Å². The van der Waals surface area contributed by atoms with Crippen LogP contribution in [-0.4, -0.2) is 14.2 Å². The summed E-state index contributed by atoms with van der Waals surface area (Å²) in [5.74, 6) is 2.44.